The van der Waals surface area contributed by atoms with Gasteiger partial charge in [0, 0.05) is 26.6 Å². The van der Waals surface area contributed by atoms with Crippen molar-refractivity contribution in [3.8, 4) is 0 Å². The molecule has 1 aliphatic heterocycles. The summed E-state index contributed by atoms with van der Waals surface area (Å²) in [6, 6.07) is 6.71. The molecule has 1 fully saturated rings. The van der Waals surface area contributed by atoms with Crippen molar-refractivity contribution in [2.24, 2.45) is 0 Å². The fraction of sp³-hybridized carbons (Fsp3) is 0.556. The van der Waals surface area contributed by atoms with Crippen LogP contribution in [0.2, 0.25) is 0 Å². The average molecular weight is 397 g/mol. The fourth-order valence-corrected chi connectivity index (χ4v) is 3.79. The lowest BCUT2D eigenvalue weighted by molar-refractivity contribution is -0.146. The highest BCUT2D eigenvalue weighted by Gasteiger charge is 2.28. The predicted molar refractivity (Wildman–Crippen MR) is 101 cm³/mol. The first kappa shape index (κ1) is 21.3. The Kier molecular flexibility index (Phi) is 7.34. The molecule has 8 nitrogen and oxygen atoms in total. The lowest BCUT2D eigenvalue weighted by Gasteiger charge is -2.32. The largest absolute Gasteiger partial charge is 0.365 e. The van der Waals surface area contributed by atoms with E-state index in [0.717, 1.165) is 5.56 Å². The van der Waals surface area contributed by atoms with Gasteiger partial charge in [-0.05, 0) is 23.6 Å². The van der Waals surface area contributed by atoms with E-state index in [-0.39, 0.29) is 42.8 Å². The maximum atomic E-state index is 12.3. The second-order valence-corrected chi connectivity index (χ2v) is 8.45. The lowest BCUT2D eigenvalue weighted by Crippen LogP contribution is -2.51. The summed E-state index contributed by atoms with van der Waals surface area (Å²) in [6.45, 7) is 4.89. The van der Waals surface area contributed by atoms with E-state index in [1.807, 2.05) is 13.8 Å². The minimum absolute atomic E-state index is 0.00486. The summed E-state index contributed by atoms with van der Waals surface area (Å²) in [5, 5.41) is 2.49. The van der Waals surface area contributed by atoms with Gasteiger partial charge in [0.2, 0.25) is 15.9 Å². The van der Waals surface area contributed by atoms with Crippen molar-refractivity contribution in [3.05, 3.63) is 29.8 Å². The molecule has 9 heteroatoms. The van der Waals surface area contributed by atoms with Gasteiger partial charge >= 0.3 is 0 Å². The van der Waals surface area contributed by atoms with Gasteiger partial charge in [-0.15, -0.1) is 0 Å². The number of rotatable bonds is 7. The number of hydrogen-bond donors (Lipinski definition) is 2. The summed E-state index contributed by atoms with van der Waals surface area (Å²) in [5.74, 6) is -0.178. The third-order valence-electron chi connectivity index (χ3n) is 4.45. The van der Waals surface area contributed by atoms with Gasteiger partial charge in [0.1, 0.15) is 0 Å². The van der Waals surface area contributed by atoms with Gasteiger partial charge in [-0.3, -0.25) is 9.59 Å². The van der Waals surface area contributed by atoms with Gasteiger partial charge in [0.25, 0.3) is 5.91 Å². The number of sulfonamides is 1. The van der Waals surface area contributed by atoms with Gasteiger partial charge in [-0.25, -0.2) is 13.1 Å². The van der Waals surface area contributed by atoms with Crippen LogP contribution in [0.15, 0.2) is 29.2 Å². The van der Waals surface area contributed by atoms with Crippen LogP contribution in [0, 0.1) is 0 Å². The van der Waals surface area contributed by atoms with Crippen molar-refractivity contribution in [2.45, 2.75) is 37.2 Å². The molecule has 0 unspecified atom stereocenters. The topological polar surface area (TPSA) is 105 Å². The van der Waals surface area contributed by atoms with Crippen LogP contribution in [0.5, 0.6) is 0 Å². The number of nitrogens with zero attached hydrogens (tertiary/aromatic N) is 1. The Balaban J connectivity index is 1.87. The Morgan fingerprint density at radius 2 is 1.93 bits per heavy atom. The Bertz CT molecular complexity index is 762. The molecule has 1 aromatic rings. The van der Waals surface area contributed by atoms with E-state index >= 15 is 0 Å². The average Bonchev–Trinajstić information content (AvgIpc) is 2.67. The van der Waals surface area contributed by atoms with Crippen LogP contribution in [0.1, 0.15) is 31.7 Å². The number of hydrogen-bond acceptors (Lipinski definition) is 5. The molecule has 1 atom stereocenters. The zero-order valence-electron chi connectivity index (χ0n) is 15.9. The standard InChI is InChI=1S/C18H27N3O5S/c1-13(2)14-4-6-15(7-5-14)27(24,25)20-9-8-17(22)21-10-11-26-16(12-21)18(23)19-3/h4-7,13,16,20H,8-12H2,1-3H3,(H,19,23)/t16-/m0/s1. The smallest absolute Gasteiger partial charge is 0.250 e. The van der Waals surface area contributed by atoms with Crippen LogP contribution >= 0.6 is 0 Å². The Morgan fingerprint density at radius 3 is 2.52 bits per heavy atom. The van der Waals surface area contributed by atoms with Crippen molar-refractivity contribution in [1.82, 2.24) is 14.9 Å². The van der Waals surface area contributed by atoms with Crippen molar-refractivity contribution < 1.29 is 22.7 Å². The van der Waals surface area contributed by atoms with E-state index in [2.05, 4.69) is 10.0 Å². The molecule has 2 rings (SSSR count). The Labute approximate surface area is 160 Å². The number of amides is 2. The second-order valence-electron chi connectivity index (χ2n) is 6.68. The van der Waals surface area contributed by atoms with E-state index in [1.165, 1.54) is 11.9 Å². The van der Waals surface area contributed by atoms with Crippen molar-refractivity contribution in [3.63, 3.8) is 0 Å². The van der Waals surface area contributed by atoms with E-state index in [4.69, 9.17) is 4.74 Å². The second kappa shape index (κ2) is 9.29. The zero-order chi connectivity index (χ0) is 20.0. The first-order valence-electron chi connectivity index (χ1n) is 8.95. The van der Waals surface area contributed by atoms with Crippen LogP contribution in [-0.2, 0) is 24.3 Å². The first-order chi connectivity index (χ1) is 12.7. The van der Waals surface area contributed by atoms with Gasteiger partial charge in [0.05, 0.1) is 18.0 Å². The number of morpholine rings is 1. The minimum Gasteiger partial charge on any atom is -0.365 e. The molecule has 1 heterocycles. The van der Waals surface area contributed by atoms with Crippen LogP contribution in [-0.4, -0.2) is 64.5 Å². The number of carbonyl (C=O) groups excluding carboxylic acids is 2. The lowest BCUT2D eigenvalue weighted by atomic mass is 10.0. The van der Waals surface area contributed by atoms with Gasteiger partial charge in [-0.1, -0.05) is 26.0 Å². The molecule has 0 aliphatic carbocycles. The van der Waals surface area contributed by atoms with Crippen LogP contribution in [0.25, 0.3) is 0 Å². The van der Waals surface area contributed by atoms with Crippen molar-refractivity contribution >= 4 is 21.8 Å². The molecule has 1 aliphatic rings. The highest BCUT2D eigenvalue weighted by atomic mass is 32.2. The summed E-state index contributed by atoms with van der Waals surface area (Å²) in [7, 11) is -2.16. The summed E-state index contributed by atoms with van der Waals surface area (Å²) >= 11 is 0. The molecule has 0 radical (unpaired) electrons. The van der Waals surface area contributed by atoms with E-state index in [1.54, 1.807) is 24.3 Å². The van der Waals surface area contributed by atoms with Gasteiger partial charge in [0.15, 0.2) is 6.10 Å². The molecule has 0 bridgehead atoms. The van der Waals surface area contributed by atoms with Gasteiger partial charge in [-0.2, -0.15) is 0 Å². The highest BCUT2D eigenvalue weighted by Crippen LogP contribution is 2.17. The number of likely N-dealkylation sites (N-methyl/N-ethyl adjacent to an activating group) is 1. The van der Waals surface area contributed by atoms with Gasteiger partial charge < -0.3 is 15.0 Å². The Hall–Kier alpha value is -1.97. The molecular formula is C18H27N3O5S. The molecule has 1 aromatic carbocycles. The molecule has 0 saturated carbocycles. The Morgan fingerprint density at radius 1 is 1.26 bits per heavy atom. The molecule has 150 valence electrons. The molecule has 0 spiro atoms. The number of nitrogens with one attached hydrogen (secondary N) is 2. The monoisotopic (exact) mass is 397 g/mol. The maximum Gasteiger partial charge on any atom is 0.250 e. The quantitative estimate of drug-likeness (QED) is 0.695. The molecule has 2 amide bonds. The third kappa shape index (κ3) is 5.75. The molecule has 2 N–H and O–H groups in total. The molecule has 1 saturated heterocycles. The number of carbonyl (C=O) groups is 2. The van der Waals surface area contributed by atoms with Crippen molar-refractivity contribution in [2.75, 3.05) is 33.3 Å². The number of ether oxygens (including phenoxy) is 1. The predicted octanol–water partition coefficient (Wildman–Crippen LogP) is 0.452. The minimum atomic E-state index is -3.67. The van der Waals surface area contributed by atoms with E-state index < -0.39 is 16.1 Å². The van der Waals surface area contributed by atoms with Crippen LogP contribution in [0.3, 0.4) is 0 Å². The molecule has 27 heavy (non-hydrogen) atoms. The van der Waals surface area contributed by atoms with Crippen LogP contribution < -0.4 is 10.0 Å². The highest BCUT2D eigenvalue weighted by molar-refractivity contribution is 7.89. The maximum absolute atomic E-state index is 12.3. The number of benzene rings is 1. The van der Waals surface area contributed by atoms with Crippen LogP contribution in [0.4, 0.5) is 0 Å². The fourth-order valence-electron chi connectivity index (χ4n) is 2.76. The summed E-state index contributed by atoms with van der Waals surface area (Å²) in [6.07, 6.45) is -0.673. The first-order valence-corrected chi connectivity index (χ1v) is 10.4. The molecule has 0 aromatic heterocycles. The summed E-state index contributed by atoms with van der Waals surface area (Å²) in [4.78, 5) is 25.6. The summed E-state index contributed by atoms with van der Waals surface area (Å²) < 4.78 is 32.5. The molecular weight excluding hydrogens is 370 g/mol. The van der Waals surface area contributed by atoms with Crippen molar-refractivity contribution in [1.29, 1.82) is 0 Å². The van der Waals surface area contributed by atoms with E-state index in [9.17, 15) is 18.0 Å². The van der Waals surface area contributed by atoms with E-state index in [0.29, 0.717) is 12.5 Å². The normalized spacial score (nSPS) is 17.8. The zero-order valence-corrected chi connectivity index (χ0v) is 16.7. The third-order valence-corrected chi connectivity index (χ3v) is 5.92. The SMILES string of the molecule is CNC(=O)[C@@H]1CN(C(=O)CCNS(=O)(=O)c2ccc(C(C)C)cc2)CCO1. The summed E-state index contributed by atoms with van der Waals surface area (Å²) in [5.41, 5.74) is 1.06.